The van der Waals surface area contributed by atoms with E-state index < -0.39 is 0 Å². The van der Waals surface area contributed by atoms with E-state index in [9.17, 15) is 0 Å². The van der Waals surface area contributed by atoms with Crippen LogP contribution in [0.3, 0.4) is 0 Å². The molecule has 0 unspecified atom stereocenters. The Bertz CT molecular complexity index is 1060. The van der Waals surface area contributed by atoms with E-state index in [2.05, 4.69) is 87.5 Å². The van der Waals surface area contributed by atoms with Gasteiger partial charge in [-0.25, -0.2) is 4.98 Å². The van der Waals surface area contributed by atoms with Crippen molar-refractivity contribution in [1.29, 1.82) is 0 Å². The first kappa shape index (κ1) is 15.6. The zero-order valence-corrected chi connectivity index (χ0v) is 14.9. The van der Waals surface area contributed by atoms with Gasteiger partial charge in [-0.1, -0.05) is 54.6 Å². The lowest BCUT2D eigenvalue weighted by Gasteiger charge is -2.13. The molecule has 4 rings (SSSR count). The molecule has 3 aromatic carbocycles. The van der Waals surface area contributed by atoms with Crippen molar-refractivity contribution in [2.45, 2.75) is 20.8 Å². The topological polar surface area (TPSA) is 12.9 Å². The third kappa shape index (κ3) is 2.83. The van der Waals surface area contributed by atoms with Crippen molar-refractivity contribution in [3.8, 4) is 22.4 Å². The molecule has 0 spiro atoms. The molecule has 0 bridgehead atoms. The van der Waals surface area contributed by atoms with Crippen LogP contribution in [0.5, 0.6) is 0 Å². The van der Waals surface area contributed by atoms with Gasteiger partial charge >= 0.3 is 0 Å². The van der Waals surface area contributed by atoms with Gasteiger partial charge < -0.3 is 0 Å². The maximum Gasteiger partial charge on any atom is 0.0739 e. The van der Waals surface area contributed by atoms with Crippen molar-refractivity contribution >= 4 is 10.9 Å². The van der Waals surface area contributed by atoms with Crippen molar-refractivity contribution in [2.24, 2.45) is 0 Å². The number of rotatable bonds is 2. The second-order valence-electron chi connectivity index (χ2n) is 6.69. The number of para-hydroxylation sites is 1. The van der Waals surface area contributed by atoms with E-state index in [-0.39, 0.29) is 0 Å². The molecule has 122 valence electrons. The lowest BCUT2D eigenvalue weighted by molar-refractivity contribution is 1.32. The van der Waals surface area contributed by atoms with Crippen molar-refractivity contribution in [2.75, 3.05) is 0 Å². The van der Waals surface area contributed by atoms with Crippen molar-refractivity contribution in [3.05, 3.63) is 89.5 Å². The molecule has 1 heterocycles. The van der Waals surface area contributed by atoms with E-state index in [0.29, 0.717) is 0 Å². The fourth-order valence-electron chi connectivity index (χ4n) is 3.61. The zero-order valence-electron chi connectivity index (χ0n) is 14.9. The summed E-state index contributed by atoms with van der Waals surface area (Å²) in [5.74, 6) is 0. The number of hydrogen-bond donors (Lipinski definition) is 0. The van der Waals surface area contributed by atoms with Crippen LogP contribution >= 0.6 is 0 Å². The lowest BCUT2D eigenvalue weighted by Crippen LogP contribution is -1.92. The van der Waals surface area contributed by atoms with E-state index in [1.807, 2.05) is 6.07 Å². The Kier molecular flexibility index (Phi) is 3.85. The zero-order chi connectivity index (χ0) is 17.4. The number of benzene rings is 3. The average Bonchev–Trinajstić information content (AvgIpc) is 2.61. The molecule has 0 radical (unpaired) electrons. The lowest BCUT2D eigenvalue weighted by atomic mass is 9.93. The van der Waals surface area contributed by atoms with E-state index in [0.717, 1.165) is 11.2 Å². The molecule has 0 saturated heterocycles. The Morgan fingerprint density at radius 3 is 2.08 bits per heavy atom. The first-order valence-electron chi connectivity index (χ1n) is 8.67. The van der Waals surface area contributed by atoms with Gasteiger partial charge in [-0.05, 0) is 66.8 Å². The van der Waals surface area contributed by atoms with Gasteiger partial charge in [-0.3, -0.25) is 0 Å². The van der Waals surface area contributed by atoms with Crippen LogP contribution in [-0.2, 0) is 0 Å². The van der Waals surface area contributed by atoms with Crippen LogP contribution in [0.25, 0.3) is 33.3 Å². The summed E-state index contributed by atoms with van der Waals surface area (Å²) in [7, 11) is 0. The minimum absolute atomic E-state index is 1.04. The summed E-state index contributed by atoms with van der Waals surface area (Å²) in [5, 5.41) is 1.19. The minimum Gasteiger partial charge on any atom is -0.248 e. The van der Waals surface area contributed by atoms with E-state index in [1.54, 1.807) is 0 Å². The first-order chi connectivity index (χ1) is 12.1. The van der Waals surface area contributed by atoms with E-state index in [4.69, 9.17) is 4.98 Å². The van der Waals surface area contributed by atoms with E-state index in [1.165, 1.54) is 38.8 Å². The normalized spacial score (nSPS) is 11.0. The van der Waals surface area contributed by atoms with Gasteiger partial charge in [0.15, 0.2) is 0 Å². The number of nitrogens with zero attached hydrogens (tertiary/aromatic N) is 1. The molecule has 0 saturated carbocycles. The van der Waals surface area contributed by atoms with Crippen LogP contribution in [0.1, 0.15) is 16.7 Å². The highest BCUT2D eigenvalue weighted by atomic mass is 14.7. The Morgan fingerprint density at radius 2 is 1.28 bits per heavy atom. The summed E-state index contributed by atoms with van der Waals surface area (Å²) >= 11 is 0. The van der Waals surface area contributed by atoms with Gasteiger partial charge in [-0.15, -0.1) is 0 Å². The first-order valence-corrected chi connectivity index (χ1v) is 8.67. The highest BCUT2D eigenvalue weighted by Crippen LogP contribution is 2.32. The molecule has 25 heavy (non-hydrogen) atoms. The Morgan fingerprint density at radius 1 is 0.600 bits per heavy atom. The molecule has 4 aromatic rings. The molecule has 0 aliphatic heterocycles. The van der Waals surface area contributed by atoms with Crippen molar-refractivity contribution in [1.82, 2.24) is 4.98 Å². The summed E-state index contributed by atoms with van der Waals surface area (Å²) in [6, 6.07) is 25.7. The number of aryl methyl sites for hydroxylation is 3. The SMILES string of the molecule is Cc1cc2ccccc2nc1-c1cccc(-c2c(C)cccc2C)c1. The molecule has 0 aliphatic carbocycles. The second-order valence-corrected chi connectivity index (χ2v) is 6.69. The second kappa shape index (κ2) is 6.18. The average molecular weight is 323 g/mol. The molecular weight excluding hydrogens is 302 g/mol. The summed E-state index contributed by atoms with van der Waals surface area (Å²) in [6.07, 6.45) is 0. The van der Waals surface area contributed by atoms with Crippen LogP contribution in [0, 0.1) is 20.8 Å². The van der Waals surface area contributed by atoms with Crippen LogP contribution in [-0.4, -0.2) is 4.98 Å². The van der Waals surface area contributed by atoms with Crippen molar-refractivity contribution in [3.63, 3.8) is 0 Å². The molecule has 1 aromatic heterocycles. The minimum atomic E-state index is 1.04. The standard InChI is InChI=1S/C24H21N/c1-16-8-6-9-17(2)23(16)20-11-7-12-21(15-20)24-18(3)14-19-10-4-5-13-22(19)25-24/h4-15H,1-3H3. The Hall–Kier alpha value is -2.93. The fourth-order valence-corrected chi connectivity index (χ4v) is 3.61. The highest BCUT2D eigenvalue weighted by Gasteiger charge is 2.10. The van der Waals surface area contributed by atoms with Gasteiger partial charge in [0, 0.05) is 10.9 Å². The predicted molar refractivity (Wildman–Crippen MR) is 107 cm³/mol. The Labute approximate surface area is 149 Å². The molecule has 1 heteroatoms. The van der Waals surface area contributed by atoms with Crippen LogP contribution in [0.2, 0.25) is 0 Å². The fraction of sp³-hybridized carbons (Fsp3) is 0.125. The molecule has 0 aliphatic rings. The molecule has 0 fully saturated rings. The molecule has 0 amide bonds. The van der Waals surface area contributed by atoms with Crippen LogP contribution in [0.4, 0.5) is 0 Å². The van der Waals surface area contributed by atoms with Gasteiger partial charge in [-0.2, -0.15) is 0 Å². The summed E-state index contributed by atoms with van der Waals surface area (Å²) in [5.41, 5.74) is 9.67. The molecule has 0 N–H and O–H groups in total. The van der Waals surface area contributed by atoms with Gasteiger partial charge in [0.05, 0.1) is 11.2 Å². The molecular formula is C24H21N. The smallest absolute Gasteiger partial charge is 0.0739 e. The number of pyridine rings is 1. The van der Waals surface area contributed by atoms with Gasteiger partial charge in [0.1, 0.15) is 0 Å². The van der Waals surface area contributed by atoms with Gasteiger partial charge in [0.25, 0.3) is 0 Å². The third-order valence-electron chi connectivity index (χ3n) is 4.82. The maximum absolute atomic E-state index is 4.92. The number of aromatic nitrogens is 1. The number of hydrogen-bond acceptors (Lipinski definition) is 1. The highest BCUT2D eigenvalue weighted by molar-refractivity contribution is 5.84. The van der Waals surface area contributed by atoms with E-state index >= 15 is 0 Å². The van der Waals surface area contributed by atoms with Crippen LogP contribution < -0.4 is 0 Å². The van der Waals surface area contributed by atoms with Crippen molar-refractivity contribution < 1.29 is 0 Å². The monoisotopic (exact) mass is 323 g/mol. The summed E-state index contributed by atoms with van der Waals surface area (Å²) < 4.78 is 0. The molecule has 0 atom stereocenters. The van der Waals surface area contributed by atoms with Crippen LogP contribution in [0.15, 0.2) is 72.8 Å². The quantitative estimate of drug-likeness (QED) is 0.410. The maximum atomic E-state index is 4.92. The third-order valence-corrected chi connectivity index (χ3v) is 4.82. The Balaban J connectivity index is 1.89. The largest absolute Gasteiger partial charge is 0.248 e. The molecule has 1 nitrogen and oxygen atoms in total. The summed E-state index contributed by atoms with van der Waals surface area (Å²) in [6.45, 7) is 6.49. The van der Waals surface area contributed by atoms with Gasteiger partial charge in [0.2, 0.25) is 0 Å². The summed E-state index contributed by atoms with van der Waals surface area (Å²) in [4.78, 5) is 4.92. The number of fused-ring (bicyclic) bond motifs is 1. The predicted octanol–water partition coefficient (Wildman–Crippen LogP) is 6.49.